The lowest BCUT2D eigenvalue weighted by molar-refractivity contribution is -0.306. The summed E-state index contributed by atoms with van der Waals surface area (Å²) in [4.78, 5) is 0. The van der Waals surface area contributed by atoms with Gasteiger partial charge in [0.05, 0.1) is 0 Å². The van der Waals surface area contributed by atoms with Gasteiger partial charge in [0.15, 0.2) is 0 Å². The minimum absolute atomic E-state index is 0.00505. The quantitative estimate of drug-likeness (QED) is 0.771. The van der Waals surface area contributed by atoms with Crippen LogP contribution in [0.5, 0.6) is 0 Å². The molecule has 0 fully saturated rings. The molecule has 0 amide bonds. The second-order valence-electron chi connectivity index (χ2n) is 2.98. The SMILES string of the molecule is NCCC1=C(OC(F)(F)F)CCC=C1. The highest BCUT2D eigenvalue weighted by atomic mass is 19.4. The minimum atomic E-state index is -4.60. The number of nitrogens with two attached hydrogens (primary N) is 1. The molecule has 0 radical (unpaired) electrons. The number of allylic oxidation sites excluding steroid dienone is 3. The van der Waals surface area contributed by atoms with Gasteiger partial charge in [-0.2, -0.15) is 0 Å². The summed E-state index contributed by atoms with van der Waals surface area (Å²) in [5, 5.41) is 0. The van der Waals surface area contributed by atoms with Crippen molar-refractivity contribution in [3.8, 4) is 0 Å². The predicted molar refractivity (Wildman–Crippen MR) is 46.2 cm³/mol. The summed E-state index contributed by atoms with van der Waals surface area (Å²) in [7, 11) is 0. The molecule has 0 aliphatic heterocycles. The van der Waals surface area contributed by atoms with Gasteiger partial charge in [-0.3, -0.25) is 0 Å². The van der Waals surface area contributed by atoms with Gasteiger partial charge in [-0.25, -0.2) is 0 Å². The van der Waals surface area contributed by atoms with Crippen molar-refractivity contribution in [2.75, 3.05) is 6.54 Å². The Morgan fingerprint density at radius 3 is 2.71 bits per heavy atom. The molecule has 0 aromatic carbocycles. The average Bonchev–Trinajstić information content (AvgIpc) is 2.06. The minimum Gasteiger partial charge on any atom is -0.410 e. The maximum absolute atomic E-state index is 11.9. The molecule has 0 spiro atoms. The largest absolute Gasteiger partial charge is 0.572 e. The number of rotatable bonds is 3. The maximum Gasteiger partial charge on any atom is 0.572 e. The van der Waals surface area contributed by atoms with Crippen LogP contribution >= 0.6 is 0 Å². The third kappa shape index (κ3) is 3.41. The molecule has 1 aliphatic carbocycles. The summed E-state index contributed by atoms with van der Waals surface area (Å²) in [6, 6.07) is 0. The Balaban J connectivity index is 2.74. The Labute approximate surface area is 80.2 Å². The first kappa shape index (κ1) is 11.1. The van der Waals surface area contributed by atoms with Crippen LogP contribution in [-0.2, 0) is 4.74 Å². The van der Waals surface area contributed by atoms with E-state index >= 15 is 0 Å². The third-order valence-corrected chi connectivity index (χ3v) is 1.87. The number of ether oxygens (including phenoxy) is 1. The zero-order valence-corrected chi connectivity index (χ0v) is 7.60. The van der Waals surface area contributed by atoms with E-state index in [-0.39, 0.29) is 5.76 Å². The first-order valence-corrected chi connectivity index (χ1v) is 4.37. The zero-order valence-electron chi connectivity index (χ0n) is 7.60. The molecule has 0 aromatic rings. The zero-order chi connectivity index (χ0) is 10.6. The molecule has 2 N–H and O–H groups in total. The molecule has 0 saturated carbocycles. The van der Waals surface area contributed by atoms with E-state index in [1.807, 2.05) is 6.08 Å². The highest BCUT2D eigenvalue weighted by Crippen LogP contribution is 2.29. The van der Waals surface area contributed by atoms with E-state index in [0.717, 1.165) is 0 Å². The average molecular weight is 207 g/mol. The number of halogens is 3. The first-order valence-electron chi connectivity index (χ1n) is 4.37. The van der Waals surface area contributed by atoms with E-state index in [0.29, 0.717) is 31.4 Å². The lowest BCUT2D eigenvalue weighted by Crippen LogP contribution is -2.16. The highest BCUT2D eigenvalue weighted by molar-refractivity contribution is 5.26. The molecule has 80 valence electrons. The van der Waals surface area contributed by atoms with Gasteiger partial charge >= 0.3 is 6.36 Å². The summed E-state index contributed by atoms with van der Waals surface area (Å²) < 4.78 is 39.7. The van der Waals surface area contributed by atoms with Gasteiger partial charge in [-0.15, -0.1) is 13.2 Å². The van der Waals surface area contributed by atoms with Gasteiger partial charge in [0, 0.05) is 6.42 Å². The monoisotopic (exact) mass is 207 g/mol. The van der Waals surface area contributed by atoms with Crippen LogP contribution in [0.4, 0.5) is 13.2 Å². The fourth-order valence-electron chi connectivity index (χ4n) is 1.33. The summed E-state index contributed by atoms with van der Waals surface area (Å²) in [5.74, 6) is 0.00505. The molecular weight excluding hydrogens is 195 g/mol. The molecule has 0 heterocycles. The summed E-state index contributed by atoms with van der Waals surface area (Å²) in [5.41, 5.74) is 5.83. The van der Waals surface area contributed by atoms with Gasteiger partial charge < -0.3 is 10.5 Å². The predicted octanol–water partition coefficient (Wildman–Crippen LogP) is 2.48. The molecule has 5 heteroatoms. The Kier molecular flexibility index (Phi) is 3.57. The van der Waals surface area contributed by atoms with Crippen molar-refractivity contribution in [1.29, 1.82) is 0 Å². The van der Waals surface area contributed by atoms with Crippen molar-refractivity contribution in [3.05, 3.63) is 23.5 Å². The number of alkyl halides is 3. The van der Waals surface area contributed by atoms with Gasteiger partial charge in [-0.05, 0) is 25.0 Å². The topological polar surface area (TPSA) is 35.2 Å². The molecule has 2 nitrogen and oxygen atoms in total. The Morgan fingerprint density at radius 2 is 2.14 bits per heavy atom. The van der Waals surface area contributed by atoms with Crippen molar-refractivity contribution >= 4 is 0 Å². The third-order valence-electron chi connectivity index (χ3n) is 1.87. The van der Waals surface area contributed by atoms with E-state index < -0.39 is 6.36 Å². The Hall–Kier alpha value is -0.970. The molecule has 0 unspecified atom stereocenters. The summed E-state index contributed by atoms with van der Waals surface area (Å²) >= 11 is 0. The normalized spacial score (nSPS) is 17.4. The van der Waals surface area contributed by atoms with E-state index in [4.69, 9.17) is 5.73 Å². The standard InChI is InChI=1S/C9H12F3NO/c10-9(11,12)14-8-4-2-1-3-7(8)5-6-13/h1,3H,2,4-6,13H2. The van der Waals surface area contributed by atoms with Crippen molar-refractivity contribution in [2.45, 2.75) is 25.6 Å². The fourth-order valence-corrected chi connectivity index (χ4v) is 1.33. The van der Waals surface area contributed by atoms with Gasteiger partial charge in [0.2, 0.25) is 0 Å². The fraction of sp³-hybridized carbons (Fsp3) is 0.556. The van der Waals surface area contributed by atoms with E-state index in [9.17, 15) is 13.2 Å². The van der Waals surface area contributed by atoms with Gasteiger partial charge in [-0.1, -0.05) is 12.2 Å². The van der Waals surface area contributed by atoms with Gasteiger partial charge in [0.25, 0.3) is 0 Å². The Bertz CT molecular complexity index is 255. The lowest BCUT2D eigenvalue weighted by Gasteiger charge is -2.17. The van der Waals surface area contributed by atoms with Crippen molar-refractivity contribution in [3.63, 3.8) is 0 Å². The molecule has 0 aromatic heterocycles. The van der Waals surface area contributed by atoms with Crippen molar-refractivity contribution in [2.24, 2.45) is 5.73 Å². The first-order chi connectivity index (χ1) is 6.53. The Morgan fingerprint density at radius 1 is 1.43 bits per heavy atom. The molecule has 1 aliphatic rings. The maximum atomic E-state index is 11.9. The van der Waals surface area contributed by atoms with Crippen LogP contribution in [0.3, 0.4) is 0 Å². The van der Waals surface area contributed by atoms with Crippen LogP contribution < -0.4 is 5.73 Å². The van der Waals surface area contributed by atoms with Gasteiger partial charge in [0.1, 0.15) is 5.76 Å². The molecule has 0 saturated heterocycles. The molecular formula is C9H12F3NO. The van der Waals surface area contributed by atoms with E-state index in [2.05, 4.69) is 4.74 Å². The van der Waals surface area contributed by atoms with Crippen LogP contribution in [0.1, 0.15) is 19.3 Å². The lowest BCUT2D eigenvalue weighted by atomic mass is 10.0. The van der Waals surface area contributed by atoms with E-state index in [1.165, 1.54) is 0 Å². The number of hydrogen-bond donors (Lipinski definition) is 1. The van der Waals surface area contributed by atoms with E-state index in [1.54, 1.807) is 6.08 Å². The summed E-state index contributed by atoms with van der Waals surface area (Å²) in [6.45, 7) is 0.324. The van der Waals surface area contributed by atoms with Crippen molar-refractivity contribution in [1.82, 2.24) is 0 Å². The number of hydrogen-bond acceptors (Lipinski definition) is 2. The molecule has 1 rings (SSSR count). The second kappa shape index (κ2) is 4.50. The molecule has 0 atom stereocenters. The summed E-state index contributed by atoms with van der Waals surface area (Å²) in [6.07, 6.45) is 0.179. The van der Waals surface area contributed by atoms with Crippen LogP contribution in [0.2, 0.25) is 0 Å². The molecule has 0 bridgehead atoms. The highest BCUT2D eigenvalue weighted by Gasteiger charge is 2.32. The van der Waals surface area contributed by atoms with Crippen LogP contribution in [-0.4, -0.2) is 12.9 Å². The smallest absolute Gasteiger partial charge is 0.410 e. The molecule has 14 heavy (non-hydrogen) atoms. The van der Waals surface area contributed by atoms with Crippen LogP contribution in [0, 0.1) is 0 Å². The second-order valence-corrected chi connectivity index (χ2v) is 2.98. The van der Waals surface area contributed by atoms with Crippen LogP contribution in [0.25, 0.3) is 0 Å². The van der Waals surface area contributed by atoms with Crippen LogP contribution in [0.15, 0.2) is 23.5 Å². The van der Waals surface area contributed by atoms with Crippen molar-refractivity contribution < 1.29 is 17.9 Å².